The van der Waals surface area contributed by atoms with Crippen LogP contribution in [0.25, 0.3) is 0 Å². The second kappa shape index (κ2) is 7.24. The molecule has 0 aromatic heterocycles. The SMILES string of the molecule is Cl.NCc1ccccc1S(=O)(=O)NC1CCCCC1. The first-order chi connectivity index (χ1) is 8.63. The number of halogens is 1. The smallest absolute Gasteiger partial charge is 0.241 e. The van der Waals surface area contributed by atoms with Gasteiger partial charge >= 0.3 is 0 Å². The summed E-state index contributed by atoms with van der Waals surface area (Å²) in [7, 11) is -3.43. The summed E-state index contributed by atoms with van der Waals surface area (Å²) in [4.78, 5) is 0.318. The highest BCUT2D eigenvalue weighted by molar-refractivity contribution is 7.89. The first-order valence-electron chi connectivity index (χ1n) is 6.44. The Morgan fingerprint density at radius 1 is 1.16 bits per heavy atom. The van der Waals surface area contributed by atoms with E-state index in [1.54, 1.807) is 18.2 Å². The van der Waals surface area contributed by atoms with Gasteiger partial charge in [0.25, 0.3) is 0 Å². The molecule has 1 fully saturated rings. The summed E-state index contributed by atoms with van der Waals surface area (Å²) in [5.74, 6) is 0. The molecule has 108 valence electrons. The zero-order valence-corrected chi connectivity index (χ0v) is 12.5. The Kier molecular flexibility index (Phi) is 6.26. The van der Waals surface area contributed by atoms with Crippen molar-refractivity contribution < 1.29 is 8.42 Å². The van der Waals surface area contributed by atoms with Crippen LogP contribution in [0.5, 0.6) is 0 Å². The van der Waals surface area contributed by atoms with Gasteiger partial charge in [-0.1, -0.05) is 37.5 Å². The molecule has 0 spiro atoms. The average Bonchev–Trinajstić information content (AvgIpc) is 2.39. The molecule has 0 heterocycles. The van der Waals surface area contributed by atoms with Crippen LogP contribution in [0.1, 0.15) is 37.7 Å². The highest BCUT2D eigenvalue weighted by Gasteiger charge is 2.23. The van der Waals surface area contributed by atoms with Crippen LogP contribution in [-0.4, -0.2) is 14.5 Å². The number of rotatable bonds is 4. The highest BCUT2D eigenvalue weighted by atomic mass is 35.5. The van der Waals surface area contributed by atoms with Gasteiger partial charge < -0.3 is 5.73 Å². The summed E-state index contributed by atoms with van der Waals surface area (Å²) in [6.45, 7) is 0.238. The van der Waals surface area contributed by atoms with E-state index in [1.165, 1.54) is 6.42 Å². The van der Waals surface area contributed by atoms with Gasteiger partial charge in [-0.25, -0.2) is 13.1 Å². The number of hydrogen-bond donors (Lipinski definition) is 2. The lowest BCUT2D eigenvalue weighted by atomic mass is 9.96. The van der Waals surface area contributed by atoms with E-state index in [1.807, 2.05) is 6.07 Å². The normalized spacial score (nSPS) is 16.9. The summed E-state index contributed by atoms with van der Waals surface area (Å²) >= 11 is 0. The first kappa shape index (κ1) is 16.4. The molecule has 0 bridgehead atoms. The summed E-state index contributed by atoms with van der Waals surface area (Å²) in [5.41, 5.74) is 6.26. The molecule has 0 atom stereocenters. The number of nitrogens with one attached hydrogen (secondary N) is 1. The lowest BCUT2D eigenvalue weighted by Gasteiger charge is -2.23. The van der Waals surface area contributed by atoms with Crippen molar-refractivity contribution in [1.82, 2.24) is 4.72 Å². The van der Waals surface area contributed by atoms with Crippen LogP contribution in [0.2, 0.25) is 0 Å². The molecule has 1 aliphatic carbocycles. The van der Waals surface area contributed by atoms with Gasteiger partial charge in [0.1, 0.15) is 0 Å². The molecular weight excluding hydrogens is 284 g/mol. The van der Waals surface area contributed by atoms with Crippen LogP contribution >= 0.6 is 12.4 Å². The van der Waals surface area contributed by atoms with Crippen LogP contribution in [0.15, 0.2) is 29.2 Å². The molecule has 1 aromatic carbocycles. The van der Waals surface area contributed by atoms with Gasteiger partial charge in [0.15, 0.2) is 0 Å². The Morgan fingerprint density at radius 2 is 1.79 bits per heavy atom. The van der Waals surface area contributed by atoms with E-state index in [9.17, 15) is 8.42 Å². The summed E-state index contributed by atoms with van der Waals surface area (Å²) in [6, 6.07) is 6.99. The Morgan fingerprint density at radius 3 is 2.42 bits per heavy atom. The van der Waals surface area contributed by atoms with Gasteiger partial charge in [-0.2, -0.15) is 0 Å². The maximum Gasteiger partial charge on any atom is 0.241 e. The van der Waals surface area contributed by atoms with E-state index in [0.29, 0.717) is 10.5 Å². The fraction of sp³-hybridized carbons (Fsp3) is 0.538. The molecule has 2 rings (SSSR count). The molecule has 0 saturated heterocycles. The van der Waals surface area contributed by atoms with E-state index >= 15 is 0 Å². The quantitative estimate of drug-likeness (QED) is 0.895. The average molecular weight is 305 g/mol. The first-order valence-corrected chi connectivity index (χ1v) is 7.92. The van der Waals surface area contributed by atoms with Crippen LogP contribution < -0.4 is 10.5 Å². The van der Waals surface area contributed by atoms with Gasteiger partial charge in [-0.05, 0) is 24.5 Å². The topological polar surface area (TPSA) is 72.2 Å². The van der Waals surface area contributed by atoms with Gasteiger partial charge in [-0.3, -0.25) is 0 Å². The molecule has 0 radical (unpaired) electrons. The Hall–Kier alpha value is -0.620. The van der Waals surface area contributed by atoms with Crippen LogP contribution in [0, 0.1) is 0 Å². The maximum atomic E-state index is 12.3. The Bertz CT molecular complexity index is 499. The number of benzene rings is 1. The van der Waals surface area contributed by atoms with E-state index < -0.39 is 10.0 Å². The van der Waals surface area contributed by atoms with E-state index in [0.717, 1.165) is 25.7 Å². The van der Waals surface area contributed by atoms with Crippen molar-refractivity contribution in [2.75, 3.05) is 0 Å². The van der Waals surface area contributed by atoms with Gasteiger partial charge in [0, 0.05) is 12.6 Å². The summed E-state index contributed by atoms with van der Waals surface area (Å²) in [6.07, 6.45) is 5.28. The second-order valence-electron chi connectivity index (χ2n) is 4.77. The molecule has 6 heteroatoms. The molecule has 0 amide bonds. The third kappa shape index (κ3) is 4.18. The second-order valence-corrected chi connectivity index (χ2v) is 6.45. The predicted octanol–water partition coefficient (Wildman–Crippen LogP) is 2.18. The van der Waals surface area contributed by atoms with Gasteiger partial charge in [0.2, 0.25) is 10.0 Å². The molecule has 4 nitrogen and oxygen atoms in total. The Balaban J connectivity index is 0.00000180. The van der Waals surface area contributed by atoms with Gasteiger partial charge in [0.05, 0.1) is 4.90 Å². The van der Waals surface area contributed by atoms with Crippen LogP contribution in [0.4, 0.5) is 0 Å². The number of sulfonamides is 1. The molecular formula is C13H21ClN2O2S. The van der Waals surface area contributed by atoms with Crippen molar-refractivity contribution in [3.8, 4) is 0 Å². The molecule has 1 saturated carbocycles. The monoisotopic (exact) mass is 304 g/mol. The van der Waals surface area contributed by atoms with E-state index in [-0.39, 0.29) is 25.0 Å². The fourth-order valence-electron chi connectivity index (χ4n) is 2.44. The van der Waals surface area contributed by atoms with Crippen molar-refractivity contribution in [3.63, 3.8) is 0 Å². The van der Waals surface area contributed by atoms with Crippen LogP contribution in [0.3, 0.4) is 0 Å². The van der Waals surface area contributed by atoms with Crippen molar-refractivity contribution in [2.45, 2.75) is 49.6 Å². The third-order valence-electron chi connectivity index (χ3n) is 3.41. The predicted molar refractivity (Wildman–Crippen MR) is 78.8 cm³/mol. The third-order valence-corrected chi connectivity index (χ3v) is 5.03. The molecule has 3 N–H and O–H groups in total. The van der Waals surface area contributed by atoms with E-state index in [2.05, 4.69) is 4.72 Å². The molecule has 1 aliphatic rings. The van der Waals surface area contributed by atoms with Crippen molar-refractivity contribution >= 4 is 22.4 Å². The van der Waals surface area contributed by atoms with Crippen molar-refractivity contribution in [1.29, 1.82) is 0 Å². The summed E-state index contributed by atoms with van der Waals surface area (Å²) in [5, 5.41) is 0. The highest BCUT2D eigenvalue weighted by Crippen LogP contribution is 2.21. The van der Waals surface area contributed by atoms with E-state index in [4.69, 9.17) is 5.73 Å². The zero-order valence-electron chi connectivity index (χ0n) is 10.8. The zero-order chi connectivity index (χ0) is 13.0. The lowest BCUT2D eigenvalue weighted by molar-refractivity contribution is 0.412. The molecule has 0 unspecified atom stereocenters. The maximum absolute atomic E-state index is 12.3. The van der Waals surface area contributed by atoms with Crippen molar-refractivity contribution in [2.24, 2.45) is 5.73 Å². The minimum absolute atomic E-state index is 0. The van der Waals surface area contributed by atoms with Crippen LogP contribution in [-0.2, 0) is 16.6 Å². The molecule has 0 aliphatic heterocycles. The number of hydrogen-bond acceptors (Lipinski definition) is 3. The largest absolute Gasteiger partial charge is 0.326 e. The minimum Gasteiger partial charge on any atom is -0.326 e. The Labute approximate surface area is 121 Å². The molecule has 19 heavy (non-hydrogen) atoms. The molecule has 1 aromatic rings. The number of nitrogens with two attached hydrogens (primary N) is 1. The van der Waals surface area contributed by atoms with Gasteiger partial charge in [-0.15, -0.1) is 12.4 Å². The van der Waals surface area contributed by atoms with Crippen molar-refractivity contribution in [3.05, 3.63) is 29.8 Å². The minimum atomic E-state index is -3.43. The summed E-state index contributed by atoms with van der Waals surface area (Å²) < 4.78 is 27.4. The lowest BCUT2D eigenvalue weighted by Crippen LogP contribution is -2.36. The fourth-order valence-corrected chi connectivity index (χ4v) is 3.99. The standard InChI is InChI=1S/C13H20N2O2S.ClH/c14-10-11-6-4-5-9-13(11)18(16,17)15-12-7-2-1-3-8-12;/h4-6,9,12,15H,1-3,7-8,10,14H2;1H.